The molecule has 1 aliphatic rings. The number of nitrogens with zero attached hydrogens (tertiary/aromatic N) is 1. The number of nitrogens with one attached hydrogen (secondary N) is 1. The summed E-state index contributed by atoms with van der Waals surface area (Å²) in [5, 5.41) is 2.79. The van der Waals surface area contributed by atoms with E-state index in [2.05, 4.69) is 5.32 Å². The largest absolute Gasteiger partial charge is 0.355 e. The van der Waals surface area contributed by atoms with Crippen LogP contribution in [0, 0.1) is 11.7 Å². The molecule has 24 heavy (non-hydrogen) atoms. The predicted molar refractivity (Wildman–Crippen MR) is 90.8 cm³/mol. The molecule has 1 fully saturated rings. The van der Waals surface area contributed by atoms with Gasteiger partial charge in [-0.2, -0.15) is 0 Å². The van der Waals surface area contributed by atoms with E-state index in [1.165, 1.54) is 12.1 Å². The number of nitrogens with two attached hydrogens (primary N) is 1. The molecule has 1 saturated heterocycles. The molecule has 6 heteroatoms. The SMILES string of the molecule is CC(CC(=O)N1CCCC(C(=O)NCCN)C1)c1cccc(F)c1. The zero-order chi connectivity index (χ0) is 17.5. The normalized spacial score (nSPS) is 19.0. The van der Waals surface area contributed by atoms with Crippen LogP contribution in [0.25, 0.3) is 0 Å². The fourth-order valence-corrected chi connectivity index (χ4v) is 3.08. The van der Waals surface area contributed by atoms with Crippen molar-refractivity contribution in [2.24, 2.45) is 11.7 Å². The van der Waals surface area contributed by atoms with Gasteiger partial charge in [-0.1, -0.05) is 19.1 Å². The number of carbonyl (C=O) groups excluding carboxylic acids is 2. The van der Waals surface area contributed by atoms with Crippen molar-refractivity contribution in [1.82, 2.24) is 10.2 Å². The number of hydrogen-bond donors (Lipinski definition) is 2. The van der Waals surface area contributed by atoms with Crippen LogP contribution in [0.5, 0.6) is 0 Å². The highest BCUT2D eigenvalue weighted by atomic mass is 19.1. The number of likely N-dealkylation sites (tertiary alicyclic amines) is 1. The van der Waals surface area contributed by atoms with Gasteiger partial charge < -0.3 is 16.0 Å². The van der Waals surface area contributed by atoms with Crippen LogP contribution in [0.4, 0.5) is 4.39 Å². The van der Waals surface area contributed by atoms with E-state index in [1.54, 1.807) is 11.0 Å². The molecule has 2 unspecified atom stereocenters. The molecule has 2 amide bonds. The number of hydrogen-bond acceptors (Lipinski definition) is 3. The first-order valence-corrected chi connectivity index (χ1v) is 8.52. The minimum atomic E-state index is -0.290. The van der Waals surface area contributed by atoms with Gasteiger partial charge >= 0.3 is 0 Å². The lowest BCUT2D eigenvalue weighted by Gasteiger charge is -2.32. The van der Waals surface area contributed by atoms with E-state index in [1.807, 2.05) is 13.0 Å². The van der Waals surface area contributed by atoms with Crippen LogP contribution in [0.3, 0.4) is 0 Å². The first-order valence-electron chi connectivity index (χ1n) is 8.52. The van der Waals surface area contributed by atoms with Crippen molar-refractivity contribution < 1.29 is 14.0 Å². The van der Waals surface area contributed by atoms with Gasteiger partial charge in [0.25, 0.3) is 0 Å². The van der Waals surface area contributed by atoms with Crippen molar-refractivity contribution in [3.05, 3.63) is 35.6 Å². The second kappa shape index (κ2) is 8.78. The highest BCUT2D eigenvalue weighted by molar-refractivity contribution is 5.81. The first-order chi connectivity index (χ1) is 11.5. The first kappa shape index (κ1) is 18.4. The Hall–Kier alpha value is -1.95. The number of carbonyl (C=O) groups is 2. The standard InChI is InChI=1S/C18H26FN3O2/c1-13(14-4-2-6-16(19)11-14)10-17(23)22-9-3-5-15(12-22)18(24)21-8-7-20/h2,4,6,11,13,15H,3,5,7-10,12,20H2,1H3,(H,21,24). The Kier molecular flexibility index (Phi) is 6.73. The van der Waals surface area contributed by atoms with Crippen LogP contribution in [0.2, 0.25) is 0 Å². The Labute approximate surface area is 142 Å². The molecule has 0 saturated carbocycles. The molecule has 1 aromatic carbocycles. The summed E-state index contributed by atoms with van der Waals surface area (Å²) in [6.07, 6.45) is 1.93. The predicted octanol–water partition coefficient (Wildman–Crippen LogP) is 1.63. The van der Waals surface area contributed by atoms with Gasteiger partial charge in [0.2, 0.25) is 11.8 Å². The summed E-state index contributed by atoms with van der Waals surface area (Å²) in [5.41, 5.74) is 6.21. The van der Waals surface area contributed by atoms with Gasteiger partial charge in [0.15, 0.2) is 0 Å². The fourth-order valence-electron chi connectivity index (χ4n) is 3.08. The van der Waals surface area contributed by atoms with Crippen LogP contribution in [0.1, 0.15) is 37.7 Å². The Morgan fingerprint density at radius 2 is 2.25 bits per heavy atom. The molecule has 0 bridgehead atoms. The monoisotopic (exact) mass is 335 g/mol. The molecule has 0 spiro atoms. The summed E-state index contributed by atoms with van der Waals surface area (Å²) >= 11 is 0. The Balaban J connectivity index is 1.90. The topological polar surface area (TPSA) is 75.4 Å². The van der Waals surface area contributed by atoms with Crippen molar-refractivity contribution in [3.8, 4) is 0 Å². The number of amides is 2. The van der Waals surface area contributed by atoms with Gasteiger partial charge in [-0.25, -0.2) is 4.39 Å². The zero-order valence-electron chi connectivity index (χ0n) is 14.1. The molecule has 0 aromatic heterocycles. The highest BCUT2D eigenvalue weighted by Gasteiger charge is 2.28. The van der Waals surface area contributed by atoms with Crippen LogP contribution in [0.15, 0.2) is 24.3 Å². The maximum Gasteiger partial charge on any atom is 0.224 e. The third-order valence-corrected chi connectivity index (χ3v) is 4.49. The molecule has 0 aliphatic carbocycles. The van der Waals surface area contributed by atoms with Crippen LogP contribution >= 0.6 is 0 Å². The van der Waals surface area contributed by atoms with Crippen molar-refractivity contribution in [3.63, 3.8) is 0 Å². The molecule has 1 aliphatic heterocycles. The maximum atomic E-state index is 13.3. The molecule has 2 atom stereocenters. The van der Waals surface area contributed by atoms with Gasteiger partial charge in [-0.15, -0.1) is 0 Å². The van der Waals surface area contributed by atoms with E-state index in [9.17, 15) is 14.0 Å². The maximum absolute atomic E-state index is 13.3. The summed E-state index contributed by atoms with van der Waals surface area (Å²) in [6, 6.07) is 6.36. The molecule has 132 valence electrons. The van der Waals surface area contributed by atoms with E-state index in [0.717, 1.165) is 18.4 Å². The Bertz CT molecular complexity index is 579. The average Bonchev–Trinajstić information content (AvgIpc) is 2.59. The molecular weight excluding hydrogens is 309 g/mol. The number of rotatable bonds is 6. The molecule has 0 radical (unpaired) electrons. The second-order valence-electron chi connectivity index (χ2n) is 6.42. The van der Waals surface area contributed by atoms with Gasteiger partial charge in [0, 0.05) is 32.6 Å². The lowest BCUT2D eigenvalue weighted by Crippen LogP contribution is -2.46. The molecule has 3 N–H and O–H groups in total. The van der Waals surface area contributed by atoms with E-state index < -0.39 is 0 Å². The number of benzene rings is 1. The summed E-state index contributed by atoms with van der Waals surface area (Å²) in [7, 11) is 0. The minimum absolute atomic E-state index is 0.0167. The van der Waals surface area contributed by atoms with Crippen LogP contribution in [-0.4, -0.2) is 42.9 Å². The minimum Gasteiger partial charge on any atom is -0.355 e. The lowest BCUT2D eigenvalue weighted by molar-refractivity contribution is -0.136. The smallest absolute Gasteiger partial charge is 0.224 e. The van der Waals surface area contributed by atoms with Gasteiger partial charge in [-0.05, 0) is 36.5 Å². The van der Waals surface area contributed by atoms with Crippen molar-refractivity contribution in [1.29, 1.82) is 0 Å². The fraction of sp³-hybridized carbons (Fsp3) is 0.556. The number of halogens is 1. The average molecular weight is 335 g/mol. The zero-order valence-corrected chi connectivity index (χ0v) is 14.1. The lowest BCUT2D eigenvalue weighted by atomic mass is 9.94. The molecular formula is C18H26FN3O2. The molecule has 1 heterocycles. The quantitative estimate of drug-likeness (QED) is 0.830. The van der Waals surface area contributed by atoms with E-state index in [4.69, 9.17) is 5.73 Å². The third kappa shape index (κ3) is 5.03. The van der Waals surface area contributed by atoms with E-state index >= 15 is 0 Å². The second-order valence-corrected chi connectivity index (χ2v) is 6.42. The summed E-state index contributed by atoms with van der Waals surface area (Å²) < 4.78 is 13.3. The van der Waals surface area contributed by atoms with Crippen LogP contribution in [-0.2, 0) is 9.59 Å². The van der Waals surface area contributed by atoms with Crippen molar-refractivity contribution >= 4 is 11.8 Å². The van der Waals surface area contributed by atoms with E-state index in [0.29, 0.717) is 32.6 Å². The summed E-state index contributed by atoms with van der Waals surface area (Å²) in [5.74, 6) is -0.529. The Morgan fingerprint density at radius 1 is 1.46 bits per heavy atom. The van der Waals surface area contributed by atoms with Crippen molar-refractivity contribution in [2.75, 3.05) is 26.2 Å². The molecule has 1 aromatic rings. The van der Waals surface area contributed by atoms with Gasteiger partial charge in [0.05, 0.1) is 5.92 Å². The van der Waals surface area contributed by atoms with Gasteiger partial charge in [0.1, 0.15) is 5.82 Å². The summed E-state index contributed by atoms with van der Waals surface area (Å²) in [6.45, 7) is 3.91. The highest BCUT2D eigenvalue weighted by Crippen LogP contribution is 2.23. The van der Waals surface area contributed by atoms with Gasteiger partial charge in [-0.3, -0.25) is 9.59 Å². The van der Waals surface area contributed by atoms with Crippen molar-refractivity contribution in [2.45, 2.75) is 32.1 Å². The molecule has 5 nitrogen and oxygen atoms in total. The van der Waals surface area contributed by atoms with E-state index in [-0.39, 0.29) is 29.5 Å². The third-order valence-electron chi connectivity index (χ3n) is 4.49. The number of piperidine rings is 1. The summed E-state index contributed by atoms with van der Waals surface area (Å²) in [4.78, 5) is 26.3. The molecule has 2 rings (SSSR count). The van der Waals surface area contributed by atoms with Crippen LogP contribution < -0.4 is 11.1 Å². The Morgan fingerprint density at radius 3 is 2.96 bits per heavy atom.